The van der Waals surface area contributed by atoms with Crippen LogP contribution in [-0.2, 0) is 6.42 Å². The Kier molecular flexibility index (Phi) is 6.17. The highest BCUT2D eigenvalue weighted by molar-refractivity contribution is 7.12. The zero-order chi connectivity index (χ0) is 16.7. The average Bonchev–Trinajstić information content (AvgIpc) is 2.99. The highest BCUT2D eigenvalue weighted by atomic mass is 32.1. The second-order valence-electron chi connectivity index (χ2n) is 5.62. The SMILES string of the molecule is CC(N)(CO)CCc1ccc(C#CCOc2ccc(F)cc2)s1. The minimum atomic E-state index is -0.543. The van der Waals surface area contributed by atoms with Crippen LogP contribution < -0.4 is 10.5 Å². The standard InChI is InChI=1S/C18H20FNO2S/c1-18(20,13-21)11-10-17-9-8-16(23-17)3-2-12-22-15-6-4-14(19)5-7-15/h4-9,21H,10-13,20H2,1H3. The Balaban J connectivity index is 1.81. The fraction of sp³-hybridized carbons (Fsp3) is 0.333. The lowest BCUT2D eigenvalue weighted by molar-refractivity contribution is 0.201. The number of nitrogens with two attached hydrogens (primary N) is 1. The van der Waals surface area contributed by atoms with Crippen molar-refractivity contribution >= 4 is 11.3 Å². The van der Waals surface area contributed by atoms with Crippen LogP contribution in [-0.4, -0.2) is 23.9 Å². The van der Waals surface area contributed by atoms with E-state index < -0.39 is 5.54 Å². The van der Waals surface area contributed by atoms with Crippen LogP contribution in [0.4, 0.5) is 4.39 Å². The topological polar surface area (TPSA) is 55.5 Å². The molecule has 1 aromatic carbocycles. The first kappa shape index (κ1) is 17.5. The fourth-order valence-electron chi connectivity index (χ4n) is 1.84. The van der Waals surface area contributed by atoms with Gasteiger partial charge in [-0.2, -0.15) is 0 Å². The minimum Gasteiger partial charge on any atom is -0.481 e. The monoisotopic (exact) mass is 333 g/mol. The van der Waals surface area contributed by atoms with Crippen LogP contribution in [0.25, 0.3) is 0 Å². The Bertz CT molecular complexity index is 683. The van der Waals surface area contributed by atoms with E-state index in [0.29, 0.717) is 5.75 Å². The number of halogens is 1. The van der Waals surface area contributed by atoms with E-state index in [0.717, 1.165) is 17.7 Å². The van der Waals surface area contributed by atoms with Crippen LogP contribution in [0, 0.1) is 17.7 Å². The van der Waals surface area contributed by atoms with E-state index in [4.69, 9.17) is 15.6 Å². The summed E-state index contributed by atoms with van der Waals surface area (Å²) >= 11 is 1.62. The van der Waals surface area contributed by atoms with E-state index in [9.17, 15) is 4.39 Å². The maximum atomic E-state index is 12.8. The molecule has 1 unspecified atom stereocenters. The summed E-state index contributed by atoms with van der Waals surface area (Å²) in [5, 5.41) is 9.15. The number of hydrogen-bond donors (Lipinski definition) is 2. The summed E-state index contributed by atoms with van der Waals surface area (Å²) in [4.78, 5) is 2.16. The maximum Gasteiger partial charge on any atom is 0.149 e. The van der Waals surface area contributed by atoms with Gasteiger partial charge in [-0.05, 0) is 56.2 Å². The van der Waals surface area contributed by atoms with Gasteiger partial charge in [-0.1, -0.05) is 11.8 Å². The zero-order valence-electron chi connectivity index (χ0n) is 13.0. The van der Waals surface area contributed by atoms with Gasteiger partial charge >= 0.3 is 0 Å². The van der Waals surface area contributed by atoms with Gasteiger partial charge < -0.3 is 15.6 Å². The fourth-order valence-corrected chi connectivity index (χ4v) is 2.72. The van der Waals surface area contributed by atoms with E-state index in [1.54, 1.807) is 23.5 Å². The molecule has 0 aliphatic heterocycles. The molecule has 0 fully saturated rings. The molecule has 122 valence electrons. The Morgan fingerprint density at radius 2 is 2.00 bits per heavy atom. The molecule has 0 aliphatic carbocycles. The molecule has 0 radical (unpaired) electrons. The Labute approximate surface area is 139 Å². The molecule has 0 aliphatic rings. The largest absolute Gasteiger partial charge is 0.481 e. The molecule has 2 rings (SSSR count). The van der Waals surface area contributed by atoms with Crippen molar-refractivity contribution in [3.63, 3.8) is 0 Å². The van der Waals surface area contributed by atoms with Crippen molar-refractivity contribution < 1.29 is 14.2 Å². The molecule has 3 N–H and O–H groups in total. The summed E-state index contributed by atoms with van der Waals surface area (Å²) in [7, 11) is 0. The molecule has 0 bridgehead atoms. The third-order valence-corrected chi connectivity index (χ3v) is 4.36. The first-order valence-corrected chi connectivity index (χ1v) is 8.16. The lowest BCUT2D eigenvalue weighted by Crippen LogP contribution is -2.40. The molecule has 3 nitrogen and oxygen atoms in total. The molecule has 0 amide bonds. The molecule has 2 aromatic rings. The first-order chi connectivity index (χ1) is 11.0. The van der Waals surface area contributed by atoms with Gasteiger partial charge in [-0.25, -0.2) is 4.39 Å². The van der Waals surface area contributed by atoms with E-state index in [-0.39, 0.29) is 19.0 Å². The molecule has 5 heteroatoms. The smallest absolute Gasteiger partial charge is 0.149 e. The Morgan fingerprint density at radius 1 is 1.26 bits per heavy atom. The van der Waals surface area contributed by atoms with Crippen molar-refractivity contribution in [3.8, 4) is 17.6 Å². The summed E-state index contributed by atoms with van der Waals surface area (Å²) in [6.45, 7) is 2.07. The number of benzene rings is 1. The van der Waals surface area contributed by atoms with Crippen LogP contribution in [0.5, 0.6) is 5.75 Å². The van der Waals surface area contributed by atoms with Gasteiger partial charge in [0.05, 0.1) is 11.5 Å². The summed E-state index contributed by atoms with van der Waals surface area (Å²) in [5.74, 6) is 6.30. The highest BCUT2D eigenvalue weighted by Gasteiger charge is 2.16. The predicted molar refractivity (Wildman–Crippen MR) is 91.1 cm³/mol. The van der Waals surface area contributed by atoms with Gasteiger partial charge in [-0.3, -0.25) is 0 Å². The molecule has 23 heavy (non-hydrogen) atoms. The quantitative estimate of drug-likeness (QED) is 0.799. The van der Waals surface area contributed by atoms with Gasteiger partial charge in [0.15, 0.2) is 0 Å². The van der Waals surface area contributed by atoms with Gasteiger partial charge in [0, 0.05) is 10.4 Å². The van der Waals surface area contributed by atoms with Gasteiger partial charge in [0.1, 0.15) is 18.2 Å². The molecule has 1 aromatic heterocycles. The summed E-state index contributed by atoms with van der Waals surface area (Å²) < 4.78 is 18.2. The molecule has 1 heterocycles. The van der Waals surface area contributed by atoms with E-state index >= 15 is 0 Å². The minimum absolute atomic E-state index is 0.0221. The van der Waals surface area contributed by atoms with Crippen LogP contribution in [0.15, 0.2) is 36.4 Å². The first-order valence-electron chi connectivity index (χ1n) is 7.34. The molecule has 0 saturated carbocycles. The highest BCUT2D eigenvalue weighted by Crippen LogP contribution is 2.19. The van der Waals surface area contributed by atoms with Crippen molar-refractivity contribution in [2.75, 3.05) is 13.2 Å². The summed E-state index contributed by atoms with van der Waals surface area (Å²) in [6.07, 6.45) is 1.55. The van der Waals surface area contributed by atoms with Crippen molar-refractivity contribution in [3.05, 3.63) is 52.0 Å². The second-order valence-corrected chi connectivity index (χ2v) is 6.79. The lowest BCUT2D eigenvalue weighted by atomic mass is 9.98. The van der Waals surface area contributed by atoms with Gasteiger partial charge in [-0.15, -0.1) is 11.3 Å². The molecule has 0 spiro atoms. The second kappa shape index (κ2) is 8.11. The normalized spacial score (nSPS) is 13.0. The van der Waals surface area contributed by atoms with E-state index in [2.05, 4.69) is 11.8 Å². The average molecular weight is 333 g/mol. The van der Waals surface area contributed by atoms with Crippen molar-refractivity contribution in [1.82, 2.24) is 0 Å². The summed E-state index contributed by atoms with van der Waals surface area (Å²) in [6, 6.07) is 9.86. The number of aliphatic hydroxyl groups excluding tert-OH is 1. The van der Waals surface area contributed by atoms with Crippen LogP contribution >= 0.6 is 11.3 Å². The Hall–Kier alpha value is -1.87. The van der Waals surface area contributed by atoms with Crippen LogP contribution in [0.1, 0.15) is 23.1 Å². The van der Waals surface area contributed by atoms with Gasteiger partial charge in [0.25, 0.3) is 0 Å². The lowest BCUT2D eigenvalue weighted by Gasteiger charge is -2.20. The number of ether oxygens (including phenoxy) is 1. The number of hydrogen-bond acceptors (Lipinski definition) is 4. The Morgan fingerprint density at radius 3 is 2.70 bits per heavy atom. The van der Waals surface area contributed by atoms with Crippen LogP contribution in [0.3, 0.4) is 0 Å². The van der Waals surface area contributed by atoms with Crippen molar-refractivity contribution in [2.24, 2.45) is 5.73 Å². The number of aryl methyl sites for hydroxylation is 1. The zero-order valence-corrected chi connectivity index (χ0v) is 13.8. The molecule has 0 saturated heterocycles. The predicted octanol–water partition coefficient (Wildman–Crippen LogP) is 2.96. The maximum absolute atomic E-state index is 12.8. The van der Waals surface area contributed by atoms with E-state index in [1.165, 1.54) is 17.0 Å². The third-order valence-electron chi connectivity index (χ3n) is 3.30. The number of thiophene rings is 1. The van der Waals surface area contributed by atoms with Gasteiger partial charge in [0.2, 0.25) is 0 Å². The molecule has 1 atom stereocenters. The third kappa shape index (κ3) is 6.03. The van der Waals surface area contributed by atoms with E-state index in [1.807, 2.05) is 19.1 Å². The number of rotatable bonds is 6. The van der Waals surface area contributed by atoms with Crippen molar-refractivity contribution in [2.45, 2.75) is 25.3 Å². The van der Waals surface area contributed by atoms with Crippen LogP contribution in [0.2, 0.25) is 0 Å². The van der Waals surface area contributed by atoms with Crippen molar-refractivity contribution in [1.29, 1.82) is 0 Å². The molecular formula is C18H20FNO2S. The molecular weight excluding hydrogens is 313 g/mol. The number of aliphatic hydroxyl groups is 1. The summed E-state index contributed by atoms with van der Waals surface area (Å²) in [5.41, 5.74) is 5.38.